The van der Waals surface area contributed by atoms with Crippen molar-refractivity contribution in [1.82, 2.24) is 10.9 Å². The van der Waals surface area contributed by atoms with E-state index in [4.69, 9.17) is 0 Å². The molecule has 1 aromatic carbocycles. The SMILES string of the molecule is CC/C=C(\C=C/C(C)CCC)C(=O)NNC(=O)Cc1cccc(O)c1. The molecule has 136 valence electrons. The maximum atomic E-state index is 12.2. The van der Waals surface area contributed by atoms with Crippen LogP contribution in [0.3, 0.4) is 0 Å². The van der Waals surface area contributed by atoms with Crippen molar-refractivity contribution in [3.63, 3.8) is 0 Å². The van der Waals surface area contributed by atoms with E-state index in [1.165, 1.54) is 12.1 Å². The van der Waals surface area contributed by atoms with Crippen LogP contribution in [0.1, 0.15) is 45.6 Å². The number of aromatic hydroxyl groups is 1. The average Bonchev–Trinajstić information content (AvgIpc) is 2.56. The van der Waals surface area contributed by atoms with Gasteiger partial charge in [0.2, 0.25) is 5.91 Å². The molecule has 0 saturated heterocycles. The number of hydrogen-bond acceptors (Lipinski definition) is 3. The van der Waals surface area contributed by atoms with E-state index in [1.54, 1.807) is 18.2 Å². The molecule has 5 nitrogen and oxygen atoms in total. The summed E-state index contributed by atoms with van der Waals surface area (Å²) >= 11 is 0. The van der Waals surface area contributed by atoms with Gasteiger partial charge in [0.15, 0.2) is 0 Å². The molecule has 3 N–H and O–H groups in total. The zero-order chi connectivity index (χ0) is 18.7. The van der Waals surface area contributed by atoms with Crippen LogP contribution >= 0.6 is 0 Å². The number of hydrogen-bond donors (Lipinski definition) is 3. The summed E-state index contributed by atoms with van der Waals surface area (Å²) in [5.41, 5.74) is 6.05. The average molecular weight is 344 g/mol. The van der Waals surface area contributed by atoms with Gasteiger partial charge in [0.05, 0.1) is 6.42 Å². The number of phenolic OH excluding ortho intramolecular Hbond substituents is 1. The Hall–Kier alpha value is -2.56. The fraction of sp³-hybridized carbons (Fsp3) is 0.400. The number of phenols is 1. The molecule has 0 radical (unpaired) electrons. The number of hydrazine groups is 1. The summed E-state index contributed by atoms with van der Waals surface area (Å²) in [6.07, 6.45) is 8.61. The van der Waals surface area contributed by atoms with Gasteiger partial charge >= 0.3 is 0 Å². The predicted octanol–water partition coefficient (Wildman–Crippen LogP) is 3.41. The second-order valence-corrected chi connectivity index (χ2v) is 6.04. The van der Waals surface area contributed by atoms with Crippen LogP contribution in [-0.2, 0) is 16.0 Å². The highest BCUT2D eigenvalue weighted by Gasteiger charge is 2.09. The molecule has 1 rings (SSSR count). The summed E-state index contributed by atoms with van der Waals surface area (Å²) in [7, 11) is 0. The number of carbonyl (C=O) groups excluding carboxylic acids is 2. The highest BCUT2D eigenvalue weighted by Crippen LogP contribution is 2.11. The standard InChI is InChI=1S/C20H28N2O3/c1-4-7-15(3)11-12-17(8-5-2)20(25)22-21-19(24)14-16-9-6-10-18(23)13-16/h6,8-13,15,23H,4-5,7,14H2,1-3H3,(H,21,24)(H,22,25)/b12-11-,17-8+. The lowest BCUT2D eigenvalue weighted by Crippen LogP contribution is -2.42. The van der Waals surface area contributed by atoms with Crippen LogP contribution in [0, 0.1) is 5.92 Å². The minimum Gasteiger partial charge on any atom is -0.508 e. The van der Waals surface area contributed by atoms with Gasteiger partial charge in [0.25, 0.3) is 5.91 Å². The smallest absolute Gasteiger partial charge is 0.269 e. The molecule has 2 amide bonds. The molecule has 1 aromatic rings. The first kappa shape index (κ1) is 20.5. The molecular formula is C20H28N2O3. The lowest BCUT2D eigenvalue weighted by Gasteiger charge is -2.09. The number of nitrogens with one attached hydrogen (secondary N) is 2. The second-order valence-electron chi connectivity index (χ2n) is 6.04. The lowest BCUT2D eigenvalue weighted by atomic mass is 10.0. The van der Waals surface area contributed by atoms with Gasteiger partial charge in [-0.05, 0) is 36.5 Å². The van der Waals surface area contributed by atoms with E-state index in [0.717, 1.165) is 19.3 Å². The van der Waals surface area contributed by atoms with Gasteiger partial charge in [-0.25, -0.2) is 0 Å². The van der Waals surface area contributed by atoms with E-state index in [0.29, 0.717) is 17.1 Å². The van der Waals surface area contributed by atoms with Crippen molar-refractivity contribution >= 4 is 11.8 Å². The Morgan fingerprint density at radius 2 is 2.00 bits per heavy atom. The second kappa shape index (κ2) is 11.1. The summed E-state index contributed by atoms with van der Waals surface area (Å²) in [4.78, 5) is 24.1. The third kappa shape index (κ3) is 8.20. The number of allylic oxidation sites excluding steroid dienone is 2. The Bertz CT molecular complexity index is 636. The molecular weight excluding hydrogens is 316 g/mol. The van der Waals surface area contributed by atoms with Crippen LogP contribution < -0.4 is 10.9 Å². The molecule has 1 atom stereocenters. The molecule has 0 aliphatic carbocycles. The molecule has 0 aliphatic rings. The third-order valence-corrected chi connectivity index (χ3v) is 3.63. The van der Waals surface area contributed by atoms with Gasteiger partial charge < -0.3 is 5.11 Å². The molecule has 5 heteroatoms. The first-order chi connectivity index (χ1) is 12.0. The van der Waals surface area contributed by atoms with Crippen LogP contribution in [0.4, 0.5) is 0 Å². The number of rotatable bonds is 8. The molecule has 0 fully saturated rings. The molecule has 0 aromatic heterocycles. The van der Waals surface area contributed by atoms with E-state index in [9.17, 15) is 14.7 Å². The van der Waals surface area contributed by atoms with Crippen LogP contribution in [0.2, 0.25) is 0 Å². The topological polar surface area (TPSA) is 78.4 Å². The fourth-order valence-electron chi connectivity index (χ4n) is 2.37. The summed E-state index contributed by atoms with van der Waals surface area (Å²) < 4.78 is 0. The summed E-state index contributed by atoms with van der Waals surface area (Å²) in [6.45, 7) is 6.19. The van der Waals surface area contributed by atoms with E-state index in [-0.39, 0.29) is 24.0 Å². The van der Waals surface area contributed by atoms with E-state index >= 15 is 0 Å². The van der Waals surface area contributed by atoms with Crippen molar-refractivity contribution in [3.05, 3.63) is 53.6 Å². The predicted molar refractivity (Wildman–Crippen MR) is 99.7 cm³/mol. The van der Waals surface area contributed by atoms with Crippen molar-refractivity contribution in [3.8, 4) is 5.75 Å². The Balaban J connectivity index is 2.56. The third-order valence-electron chi connectivity index (χ3n) is 3.63. The van der Waals surface area contributed by atoms with E-state index in [2.05, 4.69) is 24.7 Å². The van der Waals surface area contributed by atoms with Gasteiger partial charge in [-0.2, -0.15) is 0 Å². The van der Waals surface area contributed by atoms with Crippen molar-refractivity contribution in [2.24, 2.45) is 5.92 Å². The first-order valence-electron chi connectivity index (χ1n) is 8.71. The van der Waals surface area contributed by atoms with Gasteiger partial charge in [-0.1, -0.05) is 57.6 Å². The Morgan fingerprint density at radius 1 is 1.24 bits per heavy atom. The minimum absolute atomic E-state index is 0.0743. The Labute approximate surface area is 149 Å². The fourth-order valence-corrected chi connectivity index (χ4v) is 2.37. The van der Waals surface area contributed by atoms with Crippen molar-refractivity contribution in [2.45, 2.75) is 46.5 Å². The van der Waals surface area contributed by atoms with Gasteiger partial charge in [0.1, 0.15) is 5.75 Å². The zero-order valence-corrected chi connectivity index (χ0v) is 15.2. The minimum atomic E-state index is -0.349. The largest absolute Gasteiger partial charge is 0.508 e. The van der Waals surface area contributed by atoms with Crippen LogP contribution in [0.25, 0.3) is 0 Å². The summed E-state index contributed by atoms with van der Waals surface area (Å²) in [6, 6.07) is 6.46. The Morgan fingerprint density at radius 3 is 2.64 bits per heavy atom. The first-order valence-corrected chi connectivity index (χ1v) is 8.71. The highest BCUT2D eigenvalue weighted by molar-refractivity contribution is 5.97. The van der Waals surface area contributed by atoms with Crippen LogP contribution in [-0.4, -0.2) is 16.9 Å². The molecule has 25 heavy (non-hydrogen) atoms. The maximum Gasteiger partial charge on any atom is 0.269 e. The normalized spacial score (nSPS) is 12.8. The quantitative estimate of drug-likeness (QED) is 0.384. The number of amides is 2. The lowest BCUT2D eigenvalue weighted by molar-refractivity contribution is -0.126. The van der Waals surface area contributed by atoms with Gasteiger partial charge in [-0.15, -0.1) is 0 Å². The molecule has 1 unspecified atom stereocenters. The maximum absolute atomic E-state index is 12.2. The van der Waals surface area contributed by atoms with E-state index < -0.39 is 0 Å². The van der Waals surface area contributed by atoms with Crippen LogP contribution in [0.5, 0.6) is 5.75 Å². The molecule has 0 aliphatic heterocycles. The molecule has 0 spiro atoms. The monoisotopic (exact) mass is 344 g/mol. The summed E-state index contributed by atoms with van der Waals surface area (Å²) in [5.74, 6) is -0.184. The van der Waals surface area contributed by atoms with E-state index in [1.807, 2.05) is 19.1 Å². The summed E-state index contributed by atoms with van der Waals surface area (Å²) in [5, 5.41) is 9.40. The van der Waals surface area contributed by atoms with Crippen molar-refractivity contribution in [2.75, 3.05) is 0 Å². The number of benzene rings is 1. The number of carbonyl (C=O) groups is 2. The Kier molecular flexibility index (Phi) is 9.07. The highest BCUT2D eigenvalue weighted by atomic mass is 16.3. The molecule has 0 heterocycles. The molecule has 0 saturated carbocycles. The van der Waals surface area contributed by atoms with Crippen molar-refractivity contribution < 1.29 is 14.7 Å². The van der Waals surface area contributed by atoms with Crippen molar-refractivity contribution in [1.29, 1.82) is 0 Å². The van der Waals surface area contributed by atoms with Gasteiger partial charge in [-0.3, -0.25) is 20.4 Å². The van der Waals surface area contributed by atoms with Gasteiger partial charge in [0, 0.05) is 5.57 Å². The molecule has 0 bridgehead atoms. The van der Waals surface area contributed by atoms with Crippen LogP contribution in [0.15, 0.2) is 48.1 Å². The zero-order valence-electron chi connectivity index (χ0n) is 15.2.